The molecule has 0 saturated carbocycles. The van der Waals surface area contributed by atoms with Crippen LogP contribution in [0.1, 0.15) is 43.4 Å². The van der Waals surface area contributed by atoms with E-state index in [4.69, 9.17) is 0 Å². The van der Waals surface area contributed by atoms with Crippen LogP contribution >= 0.6 is 0 Å². The second-order valence-electron chi connectivity index (χ2n) is 5.55. The summed E-state index contributed by atoms with van der Waals surface area (Å²) < 4.78 is 0. The van der Waals surface area contributed by atoms with Gasteiger partial charge in [-0.1, -0.05) is 36.8 Å². The van der Waals surface area contributed by atoms with Crippen molar-refractivity contribution in [2.24, 2.45) is 0 Å². The standard InChI is InChI=1S/C16H24N2O/c1-4-15(13-7-5-12(2)6-8-13)17-14-9-10-16(19)18(3)11-14/h5-8,14-15,17H,4,9-11H2,1-3H3. The Morgan fingerprint density at radius 3 is 2.63 bits per heavy atom. The van der Waals surface area contributed by atoms with Gasteiger partial charge in [0.05, 0.1) is 0 Å². The minimum Gasteiger partial charge on any atom is -0.344 e. The fourth-order valence-corrected chi connectivity index (χ4v) is 2.68. The number of piperidine rings is 1. The smallest absolute Gasteiger partial charge is 0.222 e. The lowest BCUT2D eigenvalue weighted by molar-refractivity contribution is -0.132. The van der Waals surface area contributed by atoms with Gasteiger partial charge in [0, 0.05) is 32.1 Å². The van der Waals surface area contributed by atoms with Gasteiger partial charge in [0.1, 0.15) is 0 Å². The molecule has 1 N–H and O–H groups in total. The Balaban J connectivity index is 1.99. The van der Waals surface area contributed by atoms with Gasteiger partial charge in [-0.05, 0) is 25.3 Å². The summed E-state index contributed by atoms with van der Waals surface area (Å²) >= 11 is 0. The number of carbonyl (C=O) groups excluding carboxylic acids is 1. The SMILES string of the molecule is CCC(NC1CCC(=O)N(C)C1)c1ccc(C)cc1. The zero-order chi connectivity index (χ0) is 13.8. The summed E-state index contributed by atoms with van der Waals surface area (Å²) in [5.74, 6) is 0.265. The molecule has 1 heterocycles. The number of likely N-dealkylation sites (N-methyl/N-ethyl adjacent to an activating group) is 1. The quantitative estimate of drug-likeness (QED) is 0.902. The summed E-state index contributed by atoms with van der Waals surface area (Å²) in [6.07, 6.45) is 2.68. The Morgan fingerprint density at radius 1 is 1.37 bits per heavy atom. The number of amides is 1. The zero-order valence-electron chi connectivity index (χ0n) is 12.1. The predicted octanol–water partition coefficient (Wildman–Crippen LogP) is 2.66. The van der Waals surface area contributed by atoms with Crippen LogP contribution in [-0.2, 0) is 4.79 Å². The molecule has 1 aliphatic rings. The van der Waals surface area contributed by atoms with Crippen LogP contribution < -0.4 is 5.32 Å². The van der Waals surface area contributed by atoms with Gasteiger partial charge in [-0.2, -0.15) is 0 Å². The molecule has 2 unspecified atom stereocenters. The number of aryl methyl sites for hydroxylation is 1. The van der Waals surface area contributed by atoms with E-state index >= 15 is 0 Å². The lowest BCUT2D eigenvalue weighted by atomic mass is 9.99. The highest BCUT2D eigenvalue weighted by Gasteiger charge is 2.24. The van der Waals surface area contributed by atoms with E-state index < -0.39 is 0 Å². The molecule has 3 heteroatoms. The maximum atomic E-state index is 11.5. The molecular weight excluding hydrogens is 236 g/mol. The average Bonchev–Trinajstić information content (AvgIpc) is 2.41. The molecule has 1 aliphatic heterocycles. The number of hydrogen-bond acceptors (Lipinski definition) is 2. The lowest BCUT2D eigenvalue weighted by Crippen LogP contribution is -2.47. The third kappa shape index (κ3) is 3.57. The molecule has 2 rings (SSSR count). The van der Waals surface area contributed by atoms with Crippen molar-refractivity contribution in [3.8, 4) is 0 Å². The number of rotatable bonds is 4. The number of likely N-dealkylation sites (tertiary alicyclic amines) is 1. The van der Waals surface area contributed by atoms with Gasteiger partial charge in [-0.3, -0.25) is 4.79 Å². The largest absolute Gasteiger partial charge is 0.344 e. The highest BCUT2D eigenvalue weighted by atomic mass is 16.2. The van der Waals surface area contributed by atoms with Crippen molar-refractivity contribution in [1.29, 1.82) is 0 Å². The van der Waals surface area contributed by atoms with Crippen molar-refractivity contribution in [1.82, 2.24) is 10.2 Å². The maximum absolute atomic E-state index is 11.5. The molecule has 0 aromatic heterocycles. The third-order valence-corrected chi connectivity index (χ3v) is 3.95. The number of benzene rings is 1. The molecule has 1 fully saturated rings. The van der Waals surface area contributed by atoms with Gasteiger partial charge < -0.3 is 10.2 Å². The van der Waals surface area contributed by atoms with Crippen LogP contribution in [0.2, 0.25) is 0 Å². The van der Waals surface area contributed by atoms with Gasteiger partial charge >= 0.3 is 0 Å². The van der Waals surface area contributed by atoms with Crippen molar-refractivity contribution >= 4 is 5.91 Å². The number of nitrogens with one attached hydrogen (secondary N) is 1. The van der Waals surface area contributed by atoms with Gasteiger partial charge in [0.25, 0.3) is 0 Å². The van der Waals surface area contributed by atoms with Crippen LogP contribution in [0.3, 0.4) is 0 Å². The highest BCUT2D eigenvalue weighted by Crippen LogP contribution is 2.20. The summed E-state index contributed by atoms with van der Waals surface area (Å²) in [6, 6.07) is 9.52. The third-order valence-electron chi connectivity index (χ3n) is 3.95. The monoisotopic (exact) mass is 260 g/mol. The van der Waals surface area contributed by atoms with Gasteiger partial charge in [-0.25, -0.2) is 0 Å². The molecule has 19 heavy (non-hydrogen) atoms. The highest BCUT2D eigenvalue weighted by molar-refractivity contribution is 5.76. The summed E-state index contributed by atoms with van der Waals surface area (Å²) in [4.78, 5) is 13.3. The summed E-state index contributed by atoms with van der Waals surface area (Å²) in [5.41, 5.74) is 2.63. The van der Waals surface area contributed by atoms with Gasteiger partial charge in [0.2, 0.25) is 5.91 Å². The Kier molecular flexibility index (Phi) is 4.59. The fraction of sp³-hybridized carbons (Fsp3) is 0.562. The first-order valence-corrected chi connectivity index (χ1v) is 7.16. The Bertz CT molecular complexity index is 427. The molecule has 2 atom stereocenters. The predicted molar refractivity (Wildman–Crippen MR) is 78.0 cm³/mol. The van der Waals surface area contributed by atoms with E-state index in [0.717, 1.165) is 19.4 Å². The molecule has 0 spiro atoms. The minimum absolute atomic E-state index is 0.265. The van der Waals surface area contributed by atoms with Gasteiger partial charge in [-0.15, -0.1) is 0 Å². The molecule has 1 aromatic carbocycles. The second-order valence-corrected chi connectivity index (χ2v) is 5.55. The van der Waals surface area contributed by atoms with E-state index in [9.17, 15) is 4.79 Å². The molecule has 104 valence electrons. The molecule has 0 bridgehead atoms. The molecule has 0 aliphatic carbocycles. The lowest BCUT2D eigenvalue weighted by Gasteiger charge is -2.33. The second kappa shape index (κ2) is 6.20. The normalized spacial score (nSPS) is 21.5. The van der Waals surface area contributed by atoms with Crippen LogP contribution in [-0.4, -0.2) is 30.4 Å². The molecule has 0 radical (unpaired) electrons. The minimum atomic E-state index is 0.265. The van der Waals surface area contributed by atoms with E-state index in [1.807, 2.05) is 11.9 Å². The van der Waals surface area contributed by atoms with E-state index in [0.29, 0.717) is 18.5 Å². The first-order chi connectivity index (χ1) is 9.10. The first kappa shape index (κ1) is 14.1. The van der Waals surface area contributed by atoms with Crippen LogP contribution in [0.25, 0.3) is 0 Å². The van der Waals surface area contributed by atoms with E-state index in [1.54, 1.807) is 0 Å². The molecule has 1 saturated heterocycles. The van der Waals surface area contributed by atoms with Crippen molar-refractivity contribution in [3.05, 3.63) is 35.4 Å². The number of hydrogen-bond donors (Lipinski definition) is 1. The maximum Gasteiger partial charge on any atom is 0.222 e. The first-order valence-electron chi connectivity index (χ1n) is 7.16. The molecule has 1 amide bonds. The molecule has 3 nitrogen and oxygen atoms in total. The van der Waals surface area contributed by atoms with Crippen LogP contribution in [0.4, 0.5) is 0 Å². The van der Waals surface area contributed by atoms with E-state index in [-0.39, 0.29) is 5.91 Å². The van der Waals surface area contributed by atoms with Crippen molar-refractivity contribution in [2.75, 3.05) is 13.6 Å². The van der Waals surface area contributed by atoms with Crippen molar-refractivity contribution in [2.45, 2.75) is 45.2 Å². The topological polar surface area (TPSA) is 32.3 Å². The van der Waals surface area contributed by atoms with Crippen molar-refractivity contribution in [3.63, 3.8) is 0 Å². The average molecular weight is 260 g/mol. The molecule has 1 aromatic rings. The van der Waals surface area contributed by atoms with Gasteiger partial charge in [0.15, 0.2) is 0 Å². The Labute approximate surface area is 116 Å². The zero-order valence-corrected chi connectivity index (χ0v) is 12.1. The van der Waals surface area contributed by atoms with E-state index in [1.165, 1.54) is 11.1 Å². The van der Waals surface area contributed by atoms with Crippen LogP contribution in [0, 0.1) is 6.92 Å². The Hall–Kier alpha value is -1.35. The number of carbonyl (C=O) groups is 1. The molecular formula is C16H24N2O. The summed E-state index contributed by atoms with van der Waals surface area (Å²) in [7, 11) is 1.89. The van der Waals surface area contributed by atoms with Crippen LogP contribution in [0.15, 0.2) is 24.3 Å². The fourth-order valence-electron chi connectivity index (χ4n) is 2.68. The van der Waals surface area contributed by atoms with Crippen molar-refractivity contribution < 1.29 is 4.79 Å². The van der Waals surface area contributed by atoms with Crippen LogP contribution in [0.5, 0.6) is 0 Å². The summed E-state index contributed by atoms with van der Waals surface area (Å²) in [6.45, 7) is 5.14. The number of nitrogens with zero attached hydrogens (tertiary/aromatic N) is 1. The summed E-state index contributed by atoms with van der Waals surface area (Å²) in [5, 5.41) is 3.70. The van der Waals surface area contributed by atoms with E-state index in [2.05, 4.69) is 43.4 Å². The Morgan fingerprint density at radius 2 is 2.05 bits per heavy atom.